The third-order valence-electron chi connectivity index (χ3n) is 5.64. The fourth-order valence-corrected chi connectivity index (χ4v) is 5.49. The molecule has 1 nitrogen and oxygen atoms in total. The molecule has 0 aliphatic heterocycles. The Morgan fingerprint density at radius 1 is 1.11 bits per heavy atom. The van der Waals surface area contributed by atoms with Crippen LogP contribution in [-0.2, 0) is 11.0 Å². The number of rotatable bonds is 0. The van der Waals surface area contributed by atoms with Crippen molar-refractivity contribution in [3.8, 4) is 0 Å². The van der Waals surface area contributed by atoms with Gasteiger partial charge < -0.3 is 5.11 Å². The van der Waals surface area contributed by atoms with Gasteiger partial charge in [0.25, 0.3) is 0 Å². The third kappa shape index (κ3) is 1.64. The Bertz CT molecular complexity index is 532. The van der Waals surface area contributed by atoms with Gasteiger partial charge in [0.05, 0.1) is 5.60 Å². The van der Waals surface area contributed by atoms with Gasteiger partial charge in [0.2, 0.25) is 0 Å². The molecule has 3 rings (SSSR count). The predicted molar refractivity (Wildman–Crippen MR) is 79.5 cm³/mol. The van der Waals surface area contributed by atoms with Gasteiger partial charge in [-0.1, -0.05) is 44.9 Å². The van der Waals surface area contributed by atoms with Gasteiger partial charge in [0.1, 0.15) is 0 Å². The molecule has 0 spiro atoms. The minimum Gasteiger partial charge on any atom is -0.385 e. The van der Waals surface area contributed by atoms with Gasteiger partial charge in [-0.25, -0.2) is 0 Å². The summed E-state index contributed by atoms with van der Waals surface area (Å²) in [6.45, 7) is 8.91. The Balaban J connectivity index is 2.27. The molecule has 104 valence electrons. The van der Waals surface area contributed by atoms with Crippen molar-refractivity contribution in [2.45, 2.75) is 58.0 Å². The van der Waals surface area contributed by atoms with Crippen molar-refractivity contribution >= 4 is 11.6 Å². The van der Waals surface area contributed by atoms with Crippen LogP contribution >= 0.6 is 11.6 Å². The van der Waals surface area contributed by atoms with E-state index in [9.17, 15) is 5.11 Å². The minimum absolute atomic E-state index is 0.0471. The van der Waals surface area contributed by atoms with Crippen molar-refractivity contribution < 1.29 is 5.11 Å². The smallest absolute Gasteiger partial charge is 0.0912 e. The second kappa shape index (κ2) is 3.77. The van der Waals surface area contributed by atoms with Crippen molar-refractivity contribution in [3.63, 3.8) is 0 Å². The molecule has 0 unspecified atom stereocenters. The maximum absolute atomic E-state index is 11.2. The van der Waals surface area contributed by atoms with Gasteiger partial charge in [-0.15, -0.1) is 0 Å². The summed E-state index contributed by atoms with van der Waals surface area (Å²) in [4.78, 5) is 0. The van der Waals surface area contributed by atoms with Crippen molar-refractivity contribution in [1.29, 1.82) is 0 Å². The number of aliphatic hydroxyl groups is 1. The molecule has 1 N–H and O–H groups in total. The largest absolute Gasteiger partial charge is 0.385 e. The van der Waals surface area contributed by atoms with Crippen molar-refractivity contribution in [1.82, 2.24) is 0 Å². The molecule has 19 heavy (non-hydrogen) atoms. The SMILES string of the molecule is CC1(C)CCC[C@@]2(C)c3cc(Cl)ccc3[C@](C)(O)[C@H]12. The topological polar surface area (TPSA) is 20.2 Å². The second-order valence-corrected chi connectivity index (χ2v) is 7.97. The lowest BCUT2D eigenvalue weighted by Gasteiger charge is -2.51. The lowest BCUT2D eigenvalue weighted by atomic mass is 9.54. The van der Waals surface area contributed by atoms with E-state index in [1.807, 2.05) is 19.1 Å². The molecular formula is C17H23ClO. The lowest BCUT2D eigenvalue weighted by Crippen LogP contribution is -2.49. The van der Waals surface area contributed by atoms with E-state index in [4.69, 9.17) is 11.6 Å². The zero-order valence-corrected chi connectivity index (χ0v) is 13.0. The highest BCUT2D eigenvalue weighted by atomic mass is 35.5. The van der Waals surface area contributed by atoms with Gasteiger partial charge >= 0.3 is 0 Å². The monoisotopic (exact) mass is 278 g/mol. The first-order chi connectivity index (χ1) is 8.69. The van der Waals surface area contributed by atoms with Crippen LogP contribution in [0.1, 0.15) is 58.1 Å². The molecule has 3 atom stereocenters. The fraction of sp³-hybridized carbons (Fsp3) is 0.647. The van der Waals surface area contributed by atoms with Gasteiger partial charge in [-0.2, -0.15) is 0 Å². The van der Waals surface area contributed by atoms with Gasteiger partial charge in [-0.3, -0.25) is 0 Å². The first kappa shape index (κ1) is 13.5. The van der Waals surface area contributed by atoms with Crippen molar-refractivity contribution in [2.24, 2.45) is 11.3 Å². The number of benzene rings is 1. The van der Waals surface area contributed by atoms with Crippen LogP contribution in [0.3, 0.4) is 0 Å². The highest BCUT2D eigenvalue weighted by Crippen LogP contribution is 2.64. The van der Waals surface area contributed by atoms with Gasteiger partial charge in [-0.05, 0) is 53.9 Å². The van der Waals surface area contributed by atoms with Gasteiger partial charge in [0.15, 0.2) is 0 Å². The van der Waals surface area contributed by atoms with E-state index >= 15 is 0 Å². The Morgan fingerprint density at radius 2 is 1.79 bits per heavy atom. The Hall–Kier alpha value is -0.530. The Labute approximate surface area is 121 Å². The van der Waals surface area contributed by atoms with Crippen LogP contribution in [0.4, 0.5) is 0 Å². The number of hydrogen-bond acceptors (Lipinski definition) is 1. The molecule has 0 bridgehead atoms. The summed E-state index contributed by atoms with van der Waals surface area (Å²) < 4.78 is 0. The van der Waals surface area contributed by atoms with Crippen LogP contribution in [0.25, 0.3) is 0 Å². The van der Waals surface area contributed by atoms with Crippen LogP contribution in [0.15, 0.2) is 18.2 Å². The summed E-state index contributed by atoms with van der Waals surface area (Å²) in [5.74, 6) is 0.259. The molecule has 1 aromatic rings. The first-order valence-electron chi connectivity index (χ1n) is 7.22. The number of halogens is 1. The quantitative estimate of drug-likeness (QED) is 0.733. The average molecular weight is 279 g/mol. The molecule has 1 saturated carbocycles. The predicted octanol–water partition coefficient (Wildman–Crippen LogP) is 4.65. The van der Waals surface area contributed by atoms with Crippen LogP contribution in [0, 0.1) is 11.3 Å². The Morgan fingerprint density at radius 3 is 2.47 bits per heavy atom. The Kier molecular flexibility index (Phi) is 2.67. The van der Waals surface area contributed by atoms with Crippen LogP contribution in [0.2, 0.25) is 5.02 Å². The normalized spacial score (nSPS) is 39.8. The fourth-order valence-electron chi connectivity index (χ4n) is 5.32. The lowest BCUT2D eigenvalue weighted by molar-refractivity contribution is -0.0958. The summed E-state index contributed by atoms with van der Waals surface area (Å²) in [6.07, 6.45) is 3.55. The van der Waals surface area contributed by atoms with E-state index in [2.05, 4.69) is 26.8 Å². The molecule has 0 radical (unpaired) electrons. The van der Waals surface area contributed by atoms with Gasteiger partial charge in [0, 0.05) is 10.9 Å². The molecule has 1 fully saturated rings. The van der Waals surface area contributed by atoms with Crippen molar-refractivity contribution in [2.75, 3.05) is 0 Å². The molecule has 0 aromatic heterocycles. The van der Waals surface area contributed by atoms with Crippen LogP contribution < -0.4 is 0 Å². The summed E-state index contributed by atoms with van der Waals surface area (Å²) in [7, 11) is 0. The number of fused-ring (bicyclic) bond motifs is 3. The molecule has 1 aromatic carbocycles. The second-order valence-electron chi connectivity index (χ2n) is 7.53. The molecular weight excluding hydrogens is 256 g/mol. The van der Waals surface area contributed by atoms with E-state index in [0.717, 1.165) is 17.0 Å². The third-order valence-corrected chi connectivity index (χ3v) is 5.88. The zero-order chi connectivity index (χ0) is 14.1. The van der Waals surface area contributed by atoms with E-state index < -0.39 is 5.60 Å². The summed E-state index contributed by atoms with van der Waals surface area (Å²) >= 11 is 6.20. The molecule has 0 heterocycles. The summed E-state index contributed by atoms with van der Waals surface area (Å²) in [5, 5.41) is 12.0. The summed E-state index contributed by atoms with van der Waals surface area (Å²) in [6, 6.07) is 6.01. The number of hydrogen-bond donors (Lipinski definition) is 1. The van der Waals surface area contributed by atoms with Crippen molar-refractivity contribution in [3.05, 3.63) is 34.3 Å². The molecule has 2 heteroatoms. The van der Waals surface area contributed by atoms with E-state index in [1.165, 1.54) is 18.4 Å². The highest BCUT2D eigenvalue weighted by Gasteiger charge is 2.61. The first-order valence-corrected chi connectivity index (χ1v) is 7.60. The zero-order valence-electron chi connectivity index (χ0n) is 12.3. The maximum Gasteiger partial charge on any atom is 0.0912 e. The van der Waals surface area contributed by atoms with Crippen LogP contribution in [-0.4, -0.2) is 5.11 Å². The molecule has 2 aliphatic rings. The standard InChI is InChI=1S/C17H23ClO/c1-15(2)8-5-9-16(3)13-10-11(18)6-7-12(13)17(4,19)14(15)16/h6-7,10,14,19H,5,8-9H2,1-4H3/t14-,16+,17+/m1/s1. The minimum atomic E-state index is -0.751. The highest BCUT2D eigenvalue weighted by molar-refractivity contribution is 6.30. The van der Waals surface area contributed by atoms with E-state index in [0.29, 0.717) is 0 Å². The molecule has 2 aliphatic carbocycles. The molecule has 0 saturated heterocycles. The van der Waals surface area contributed by atoms with E-state index in [-0.39, 0.29) is 16.7 Å². The summed E-state index contributed by atoms with van der Waals surface area (Å²) in [5.41, 5.74) is 1.80. The van der Waals surface area contributed by atoms with E-state index in [1.54, 1.807) is 0 Å². The molecule has 0 amide bonds. The van der Waals surface area contributed by atoms with Crippen LogP contribution in [0.5, 0.6) is 0 Å². The average Bonchev–Trinajstić information content (AvgIpc) is 2.43. The maximum atomic E-state index is 11.2.